The van der Waals surface area contributed by atoms with Gasteiger partial charge in [-0.15, -0.1) is 0 Å². The van der Waals surface area contributed by atoms with Crippen LogP contribution in [-0.4, -0.2) is 10.9 Å². The van der Waals surface area contributed by atoms with E-state index in [0.29, 0.717) is 11.4 Å². The molecule has 0 aliphatic carbocycles. The van der Waals surface area contributed by atoms with Crippen LogP contribution in [0.5, 0.6) is 0 Å². The van der Waals surface area contributed by atoms with Crippen LogP contribution in [0, 0.1) is 13.8 Å². The smallest absolute Gasteiger partial charge is 0.291 e. The molecule has 2 aromatic carbocycles. The molecule has 0 fully saturated rings. The molecule has 0 saturated carbocycles. The van der Waals surface area contributed by atoms with E-state index in [-0.39, 0.29) is 5.91 Å². The summed E-state index contributed by atoms with van der Waals surface area (Å²) < 4.78 is 5.77. The zero-order chi connectivity index (χ0) is 16.7. The van der Waals surface area contributed by atoms with Crippen LogP contribution < -0.4 is 5.32 Å². The Kier molecular flexibility index (Phi) is 3.31. The highest BCUT2D eigenvalue weighted by Gasteiger charge is 2.18. The number of aryl methyl sites for hydroxylation is 2. The number of nitrogens with one attached hydrogen (secondary N) is 1. The van der Waals surface area contributed by atoms with E-state index in [1.54, 1.807) is 6.20 Å². The molecule has 4 rings (SSSR count). The first-order valence-corrected chi connectivity index (χ1v) is 7.78. The first kappa shape index (κ1) is 14.5. The predicted molar refractivity (Wildman–Crippen MR) is 95.4 cm³/mol. The van der Waals surface area contributed by atoms with Gasteiger partial charge in [-0.3, -0.25) is 9.78 Å². The van der Waals surface area contributed by atoms with Crippen molar-refractivity contribution >= 4 is 33.5 Å². The van der Waals surface area contributed by atoms with Crippen molar-refractivity contribution in [2.45, 2.75) is 13.8 Å². The first-order chi connectivity index (χ1) is 11.6. The summed E-state index contributed by atoms with van der Waals surface area (Å²) in [7, 11) is 0. The van der Waals surface area contributed by atoms with Crippen molar-refractivity contribution in [3.05, 3.63) is 71.6 Å². The standard InChI is InChI=1S/C20H16N2O2/c1-12-8-9-17-15(11-12)13(2)19(24-17)20(23)22-16-7-3-5-14-6-4-10-21-18(14)16/h3-11H,1-2H3,(H,22,23). The van der Waals surface area contributed by atoms with Gasteiger partial charge in [0.2, 0.25) is 0 Å². The van der Waals surface area contributed by atoms with Crippen LogP contribution in [0.15, 0.2) is 59.1 Å². The zero-order valence-electron chi connectivity index (χ0n) is 13.5. The Bertz CT molecular complexity index is 1070. The first-order valence-electron chi connectivity index (χ1n) is 7.78. The van der Waals surface area contributed by atoms with Gasteiger partial charge in [0.1, 0.15) is 5.58 Å². The molecule has 1 N–H and O–H groups in total. The summed E-state index contributed by atoms with van der Waals surface area (Å²) >= 11 is 0. The van der Waals surface area contributed by atoms with Crippen molar-refractivity contribution in [3.8, 4) is 0 Å². The Balaban J connectivity index is 1.75. The van der Waals surface area contributed by atoms with Crippen molar-refractivity contribution in [2.24, 2.45) is 0 Å². The number of nitrogens with zero attached hydrogens (tertiary/aromatic N) is 1. The summed E-state index contributed by atoms with van der Waals surface area (Å²) in [6.07, 6.45) is 1.72. The molecule has 4 aromatic rings. The fourth-order valence-corrected chi connectivity index (χ4v) is 2.94. The van der Waals surface area contributed by atoms with Crippen LogP contribution >= 0.6 is 0 Å². The van der Waals surface area contributed by atoms with Gasteiger partial charge in [0, 0.05) is 22.5 Å². The SMILES string of the molecule is Cc1ccc2oc(C(=O)Nc3cccc4cccnc34)c(C)c2c1. The Morgan fingerprint density at radius 1 is 1.08 bits per heavy atom. The molecule has 0 aliphatic rings. The van der Waals surface area contributed by atoms with Gasteiger partial charge in [-0.05, 0) is 38.1 Å². The molecule has 0 saturated heterocycles. The number of hydrogen-bond acceptors (Lipinski definition) is 3. The number of anilines is 1. The normalized spacial score (nSPS) is 11.1. The van der Waals surface area contributed by atoms with Gasteiger partial charge in [0.15, 0.2) is 5.76 Å². The number of para-hydroxylation sites is 1. The number of rotatable bonds is 2. The highest BCUT2D eigenvalue weighted by Crippen LogP contribution is 2.28. The molecule has 2 heterocycles. The third-order valence-corrected chi connectivity index (χ3v) is 4.18. The number of fused-ring (bicyclic) bond motifs is 2. The summed E-state index contributed by atoms with van der Waals surface area (Å²) in [4.78, 5) is 17.1. The highest BCUT2D eigenvalue weighted by molar-refractivity contribution is 6.09. The van der Waals surface area contributed by atoms with Crippen molar-refractivity contribution in [3.63, 3.8) is 0 Å². The number of pyridine rings is 1. The number of hydrogen-bond donors (Lipinski definition) is 1. The maximum absolute atomic E-state index is 12.7. The number of carbonyl (C=O) groups is 1. The van der Waals surface area contributed by atoms with Crippen LogP contribution in [0.1, 0.15) is 21.7 Å². The van der Waals surface area contributed by atoms with Gasteiger partial charge < -0.3 is 9.73 Å². The number of amides is 1. The van der Waals surface area contributed by atoms with E-state index < -0.39 is 0 Å². The van der Waals surface area contributed by atoms with E-state index in [9.17, 15) is 4.79 Å². The second-order valence-electron chi connectivity index (χ2n) is 5.89. The van der Waals surface area contributed by atoms with Crippen LogP contribution in [-0.2, 0) is 0 Å². The van der Waals surface area contributed by atoms with Crippen LogP contribution in [0.25, 0.3) is 21.9 Å². The Morgan fingerprint density at radius 2 is 1.92 bits per heavy atom. The summed E-state index contributed by atoms with van der Waals surface area (Å²) in [5, 5.41) is 4.87. The quantitative estimate of drug-likeness (QED) is 0.575. The lowest BCUT2D eigenvalue weighted by Gasteiger charge is -2.07. The van der Waals surface area contributed by atoms with E-state index >= 15 is 0 Å². The zero-order valence-corrected chi connectivity index (χ0v) is 13.5. The van der Waals surface area contributed by atoms with E-state index in [4.69, 9.17) is 4.42 Å². The van der Waals surface area contributed by atoms with Gasteiger partial charge in [-0.25, -0.2) is 0 Å². The molecule has 4 nitrogen and oxygen atoms in total. The second kappa shape index (κ2) is 5.49. The molecule has 24 heavy (non-hydrogen) atoms. The lowest BCUT2D eigenvalue weighted by molar-refractivity contribution is 0.0998. The van der Waals surface area contributed by atoms with Gasteiger partial charge in [-0.1, -0.05) is 29.8 Å². The average Bonchev–Trinajstić information content (AvgIpc) is 2.92. The van der Waals surface area contributed by atoms with Gasteiger partial charge in [-0.2, -0.15) is 0 Å². The minimum Gasteiger partial charge on any atom is -0.451 e. The Labute approximate surface area is 139 Å². The lowest BCUT2D eigenvalue weighted by Crippen LogP contribution is -2.12. The summed E-state index contributed by atoms with van der Waals surface area (Å²) in [5.74, 6) is 0.0723. The molecular formula is C20H16N2O2. The lowest BCUT2D eigenvalue weighted by atomic mass is 10.1. The van der Waals surface area contributed by atoms with Crippen LogP contribution in [0.3, 0.4) is 0 Å². The molecular weight excluding hydrogens is 300 g/mol. The molecule has 0 bridgehead atoms. The summed E-state index contributed by atoms with van der Waals surface area (Å²) in [6.45, 7) is 3.93. The number of carbonyl (C=O) groups excluding carboxylic acids is 1. The molecule has 1 amide bonds. The van der Waals surface area contributed by atoms with Crippen molar-refractivity contribution in [1.82, 2.24) is 4.98 Å². The molecule has 2 aromatic heterocycles. The van der Waals surface area contributed by atoms with Crippen molar-refractivity contribution in [2.75, 3.05) is 5.32 Å². The largest absolute Gasteiger partial charge is 0.451 e. The van der Waals surface area contributed by atoms with Gasteiger partial charge in [0.05, 0.1) is 11.2 Å². The fourth-order valence-electron chi connectivity index (χ4n) is 2.94. The Morgan fingerprint density at radius 3 is 2.79 bits per heavy atom. The van der Waals surface area contributed by atoms with E-state index in [1.165, 1.54) is 0 Å². The number of furan rings is 1. The third kappa shape index (κ3) is 2.33. The minimum absolute atomic E-state index is 0.264. The Hall–Kier alpha value is -3.14. The third-order valence-electron chi connectivity index (χ3n) is 4.18. The summed E-state index contributed by atoms with van der Waals surface area (Å²) in [5.41, 5.74) is 4.14. The average molecular weight is 316 g/mol. The van der Waals surface area contributed by atoms with E-state index in [2.05, 4.69) is 10.3 Å². The molecule has 0 atom stereocenters. The monoisotopic (exact) mass is 316 g/mol. The molecule has 0 unspecified atom stereocenters. The molecule has 4 heteroatoms. The summed E-state index contributed by atoms with van der Waals surface area (Å²) in [6, 6.07) is 15.4. The fraction of sp³-hybridized carbons (Fsp3) is 0.100. The van der Waals surface area contributed by atoms with Crippen LogP contribution in [0.2, 0.25) is 0 Å². The highest BCUT2D eigenvalue weighted by atomic mass is 16.3. The topological polar surface area (TPSA) is 55.1 Å². The molecule has 0 radical (unpaired) electrons. The van der Waals surface area contributed by atoms with Crippen molar-refractivity contribution < 1.29 is 9.21 Å². The number of benzene rings is 2. The van der Waals surface area contributed by atoms with Crippen molar-refractivity contribution in [1.29, 1.82) is 0 Å². The van der Waals surface area contributed by atoms with E-state index in [1.807, 2.05) is 62.4 Å². The molecule has 0 aliphatic heterocycles. The predicted octanol–water partition coefficient (Wildman–Crippen LogP) is 4.85. The van der Waals surface area contributed by atoms with Gasteiger partial charge in [0.25, 0.3) is 5.91 Å². The minimum atomic E-state index is -0.264. The van der Waals surface area contributed by atoms with Crippen LogP contribution in [0.4, 0.5) is 5.69 Å². The second-order valence-corrected chi connectivity index (χ2v) is 5.89. The maximum Gasteiger partial charge on any atom is 0.291 e. The number of aromatic nitrogens is 1. The van der Waals surface area contributed by atoms with Gasteiger partial charge >= 0.3 is 0 Å². The van der Waals surface area contributed by atoms with E-state index in [0.717, 1.165) is 33.0 Å². The maximum atomic E-state index is 12.7. The molecule has 118 valence electrons. The molecule has 0 spiro atoms.